The maximum atomic E-state index is 10.9. The Balaban J connectivity index is 0. The number of rotatable bonds is 0. The molecule has 114 valence electrons. The van der Waals surface area contributed by atoms with Gasteiger partial charge in [-0.1, -0.05) is 64.1 Å². The van der Waals surface area contributed by atoms with Gasteiger partial charge in [-0.15, -0.1) is 0 Å². The average Bonchev–Trinajstić information content (AvgIpc) is 2.99. The maximum absolute atomic E-state index is 10.9. The zero-order chi connectivity index (χ0) is 15.8. The lowest BCUT2D eigenvalue weighted by Gasteiger charge is -2.11. The Hall–Kier alpha value is -1.84. The normalized spacial score (nSPS) is 12.8. The van der Waals surface area contributed by atoms with Gasteiger partial charge in [0.05, 0.1) is 0 Å². The van der Waals surface area contributed by atoms with Gasteiger partial charge < -0.3 is 5.32 Å². The highest BCUT2D eigenvalue weighted by atomic mass is 16.2. The van der Waals surface area contributed by atoms with Crippen molar-refractivity contribution in [2.75, 3.05) is 20.1 Å². The van der Waals surface area contributed by atoms with E-state index in [0.29, 0.717) is 0 Å². The molecule has 1 heterocycles. The summed E-state index contributed by atoms with van der Waals surface area (Å²) in [6.07, 6.45) is 0. The van der Waals surface area contributed by atoms with E-state index in [0.717, 1.165) is 18.9 Å². The van der Waals surface area contributed by atoms with E-state index >= 15 is 0 Å². The molecule has 1 fully saturated rings. The first kappa shape index (κ1) is 20.5. The number of carbonyl (C=O) groups is 1. The highest BCUT2D eigenvalue weighted by molar-refractivity contribution is 5.97. The van der Waals surface area contributed by atoms with Crippen LogP contribution < -0.4 is 5.32 Å². The number of benzene rings is 1. The van der Waals surface area contributed by atoms with Crippen LogP contribution in [0.3, 0.4) is 0 Å². The van der Waals surface area contributed by atoms with Gasteiger partial charge in [-0.2, -0.15) is 0 Å². The topological polar surface area (TPSA) is 44.7 Å². The number of amides is 2. The minimum Gasteiger partial charge on any atom is -0.336 e. The summed E-state index contributed by atoms with van der Waals surface area (Å²) in [5.74, 6) is 0.773. The van der Waals surface area contributed by atoms with Crippen molar-refractivity contribution in [1.29, 1.82) is 0 Å². The first-order valence-corrected chi connectivity index (χ1v) is 7.24. The van der Waals surface area contributed by atoms with Crippen LogP contribution in [0.4, 0.5) is 4.79 Å². The van der Waals surface area contributed by atoms with Crippen LogP contribution in [0.5, 0.6) is 0 Å². The predicted octanol–water partition coefficient (Wildman–Crippen LogP) is 3.80. The summed E-state index contributed by atoms with van der Waals surface area (Å²) in [4.78, 5) is 16.4. The molecule has 2 rings (SSSR count). The Morgan fingerprint density at radius 2 is 1.45 bits per heavy atom. The molecule has 0 aliphatic carbocycles. The monoisotopic (exact) mass is 279 g/mol. The van der Waals surface area contributed by atoms with E-state index in [4.69, 9.17) is 0 Å². The van der Waals surface area contributed by atoms with Gasteiger partial charge in [-0.3, -0.25) is 9.89 Å². The van der Waals surface area contributed by atoms with E-state index in [1.165, 1.54) is 0 Å². The number of aliphatic imine (C=N–C) groups is 1. The first-order chi connectivity index (χ1) is 9.75. The molecule has 4 nitrogen and oxygen atoms in total. The molecule has 1 aromatic rings. The molecular formula is C16H29N3O. The second-order valence-electron chi connectivity index (χ2n) is 3.31. The Bertz CT molecular complexity index is 323. The molecule has 0 aromatic heterocycles. The lowest BCUT2D eigenvalue weighted by atomic mass is 10.4. The smallest absolute Gasteiger partial charge is 0.322 e. The molecule has 1 aliphatic heterocycles. The van der Waals surface area contributed by atoms with Gasteiger partial charge in [0.25, 0.3) is 0 Å². The van der Waals surface area contributed by atoms with E-state index in [2.05, 4.69) is 10.3 Å². The average molecular weight is 279 g/mol. The Morgan fingerprint density at radius 1 is 1.05 bits per heavy atom. The minimum atomic E-state index is -0.0388. The molecule has 1 aromatic carbocycles. The number of hydrogen-bond acceptors (Lipinski definition) is 2. The highest BCUT2D eigenvalue weighted by Crippen LogP contribution is 1.97. The van der Waals surface area contributed by atoms with Crippen LogP contribution in [0.15, 0.2) is 41.4 Å². The van der Waals surface area contributed by atoms with Crippen LogP contribution in [-0.2, 0) is 0 Å². The lowest BCUT2D eigenvalue weighted by molar-refractivity contribution is 0.234. The lowest BCUT2D eigenvalue weighted by Crippen LogP contribution is -2.32. The Morgan fingerprint density at radius 3 is 1.70 bits per heavy atom. The molecule has 0 atom stereocenters. The van der Waals surface area contributed by atoms with Crippen LogP contribution in [0.2, 0.25) is 0 Å². The number of nitrogens with zero attached hydrogens (tertiary/aromatic N) is 2. The van der Waals surface area contributed by atoms with E-state index in [1.807, 2.05) is 71.0 Å². The molecule has 0 radical (unpaired) electrons. The molecule has 20 heavy (non-hydrogen) atoms. The second-order valence-corrected chi connectivity index (χ2v) is 3.31. The van der Waals surface area contributed by atoms with Crippen molar-refractivity contribution in [3.8, 4) is 0 Å². The number of hydrogen-bond donors (Lipinski definition) is 1. The van der Waals surface area contributed by atoms with Gasteiger partial charge in [0.15, 0.2) is 0 Å². The summed E-state index contributed by atoms with van der Waals surface area (Å²) in [5, 5.41) is 2.69. The zero-order valence-electron chi connectivity index (χ0n) is 13.7. The summed E-state index contributed by atoms with van der Waals surface area (Å²) >= 11 is 0. The van der Waals surface area contributed by atoms with Crippen LogP contribution >= 0.6 is 0 Å². The Kier molecular flexibility index (Phi) is 15.6. The summed E-state index contributed by atoms with van der Waals surface area (Å²) in [7, 11) is 1.68. The number of carbonyl (C=O) groups excluding carboxylic acids is 1. The summed E-state index contributed by atoms with van der Waals surface area (Å²) in [5.41, 5.74) is 0. The number of amidine groups is 1. The molecule has 2 amide bonds. The SMILES string of the molecule is CC.CC.CN=C(C)N1CCNC1=O.c1ccccc1. The summed E-state index contributed by atoms with van der Waals surface area (Å²) in [6.45, 7) is 11.3. The van der Waals surface area contributed by atoms with Crippen molar-refractivity contribution in [3.05, 3.63) is 36.4 Å². The third-order valence-corrected chi connectivity index (χ3v) is 2.24. The van der Waals surface area contributed by atoms with E-state index in [-0.39, 0.29) is 6.03 Å². The van der Waals surface area contributed by atoms with Gasteiger partial charge in [0.1, 0.15) is 5.84 Å². The quantitative estimate of drug-likeness (QED) is 0.570. The fraction of sp³-hybridized carbons (Fsp3) is 0.500. The third-order valence-electron chi connectivity index (χ3n) is 2.24. The first-order valence-electron chi connectivity index (χ1n) is 7.24. The number of nitrogens with one attached hydrogen (secondary N) is 1. The van der Waals surface area contributed by atoms with Crippen LogP contribution in [0, 0.1) is 0 Å². The van der Waals surface area contributed by atoms with Gasteiger partial charge in [-0.25, -0.2) is 4.79 Å². The standard InChI is InChI=1S/C6H11N3O.C6H6.2C2H6/c1-5(7-2)9-4-3-8-6(9)10;1-2-4-6-5-3-1;2*1-2/h3-4H2,1-2H3,(H,8,10);1-6H;2*1-2H3. The molecule has 1 aliphatic rings. The molecule has 0 unspecified atom stereocenters. The Labute approximate surface area is 123 Å². The van der Waals surface area contributed by atoms with E-state index in [9.17, 15) is 4.79 Å². The number of urea groups is 1. The van der Waals surface area contributed by atoms with Crippen molar-refractivity contribution >= 4 is 11.9 Å². The van der Waals surface area contributed by atoms with Crippen molar-refractivity contribution in [2.24, 2.45) is 4.99 Å². The van der Waals surface area contributed by atoms with Crippen molar-refractivity contribution < 1.29 is 4.79 Å². The maximum Gasteiger partial charge on any atom is 0.322 e. The molecule has 1 N–H and O–H groups in total. The molecule has 0 saturated carbocycles. The summed E-state index contributed by atoms with van der Waals surface area (Å²) < 4.78 is 0. The van der Waals surface area contributed by atoms with E-state index < -0.39 is 0 Å². The highest BCUT2D eigenvalue weighted by Gasteiger charge is 2.20. The predicted molar refractivity (Wildman–Crippen MR) is 88.3 cm³/mol. The van der Waals surface area contributed by atoms with Crippen LogP contribution in [0.25, 0.3) is 0 Å². The van der Waals surface area contributed by atoms with Crippen molar-refractivity contribution in [2.45, 2.75) is 34.6 Å². The zero-order valence-corrected chi connectivity index (χ0v) is 13.7. The fourth-order valence-electron chi connectivity index (χ4n) is 1.29. The third kappa shape index (κ3) is 9.14. The van der Waals surface area contributed by atoms with Crippen molar-refractivity contribution in [3.63, 3.8) is 0 Å². The fourth-order valence-corrected chi connectivity index (χ4v) is 1.29. The van der Waals surface area contributed by atoms with Crippen LogP contribution in [0.1, 0.15) is 34.6 Å². The molecular weight excluding hydrogens is 250 g/mol. The van der Waals surface area contributed by atoms with Crippen LogP contribution in [-0.4, -0.2) is 36.9 Å². The molecule has 1 saturated heterocycles. The molecule has 4 heteroatoms. The minimum absolute atomic E-state index is 0.0388. The van der Waals surface area contributed by atoms with Gasteiger partial charge in [-0.05, 0) is 6.92 Å². The largest absolute Gasteiger partial charge is 0.336 e. The van der Waals surface area contributed by atoms with Gasteiger partial charge in [0.2, 0.25) is 0 Å². The van der Waals surface area contributed by atoms with Crippen molar-refractivity contribution in [1.82, 2.24) is 10.2 Å². The second kappa shape index (κ2) is 15.2. The van der Waals surface area contributed by atoms with Gasteiger partial charge >= 0.3 is 6.03 Å². The van der Waals surface area contributed by atoms with Gasteiger partial charge in [0, 0.05) is 20.1 Å². The van der Waals surface area contributed by atoms with E-state index in [1.54, 1.807) is 11.9 Å². The molecule has 0 bridgehead atoms. The molecule has 0 spiro atoms. The summed E-state index contributed by atoms with van der Waals surface area (Å²) in [6, 6.07) is 12.0.